The average molecular weight is 239 g/mol. The van der Waals surface area contributed by atoms with Crippen molar-refractivity contribution in [2.75, 3.05) is 0 Å². The van der Waals surface area contributed by atoms with E-state index >= 15 is 0 Å². The van der Waals surface area contributed by atoms with Crippen LogP contribution in [0.15, 0.2) is 52.8 Å². The van der Waals surface area contributed by atoms with Crippen LogP contribution in [-0.2, 0) is 17.6 Å². The van der Waals surface area contributed by atoms with E-state index in [-0.39, 0.29) is 5.78 Å². The molecular weight excluding hydrogens is 226 g/mol. The van der Waals surface area contributed by atoms with Gasteiger partial charge in [-0.15, -0.1) is 0 Å². The maximum atomic E-state index is 12.0. The summed E-state index contributed by atoms with van der Waals surface area (Å²) >= 11 is 0. The second-order valence-electron chi connectivity index (χ2n) is 4.41. The molecule has 0 saturated carbocycles. The van der Waals surface area contributed by atoms with Gasteiger partial charge < -0.3 is 10.2 Å². The standard InChI is InChI=1S/C15H13NO2/c16-13(9-11-5-3-7-18-11)15-12-6-2-1-4-10(12)8-14(15)17/h1-7H,8-9,16H2/b15-13+. The summed E-state index contributed by atoms with van der Waals surface area (Å²) in [5.74, 6) is 0.873. The van der Waals surface area contributed by atoms with Crippen LogP contribution in [0.2, 0.25) is 0 Å². The molecule has 0 amide bonds. The number of nitrogens with two attached hydrogens (primary N) is 1. The van der Waals surface area contributed by atoms with Crippen molar-refractivity contribution in [1.29, 1.82) is 0 Å². The number of carbonyl (C=O) groups excluding carboxylic acids is 1. The highest BCUT2D eigenvalue weighted by atomic mass is 16.3. The van der Waals surface area contributed by atoms with Gasteiger partial charge in [-0.05, 0) is 23.3 Å². The molecule has 0 radical (unpaired) electrons. The minimum atomic E-state index is 0.0975. The number of benzene rings is 1. The summed E-state index contributed by atoms with van der Waals surface area (Å²) in [5, 5.41) is 0. The van der Waals surface area contributed by atoms with Crippen molar-refractivity contribution < 1.29 is 9.21 Å². The zero-order valence-electron chi connectivity index (χ0n) is 9.85. The molecule has 0 unspecified atom stereocenters. The number of hydrogen-bond acceptors (Lipinski definition) is 3. The molecule has 0 bridgehead atoms. The first-order valence-electron chi connectivity index (χ1n) is 5.88. The highest BCUT2D eigenvalue weighted by Crippen LogP contribution is 2.31. The van der Waals surface area contributed by atoms with Gasteiger partial charge in [0, 0.05) is 24.1 Å². The predicted octanol–water partition coefficient (Wildman–Crippen LogP) is 2.32. The fraction of sp³-hybridized carbons (Fsp3) is 0.133. The lowest BCUT2D eigenvalue weighted by molar-refractivity contribution is -0.112. The first kappa shape index (κ1) is 10.8. The number of allylic oxidation sites excluding steroid dienone is 2. The van der Waals surface area contributed by atoms with Crippen molar-refractivity contribution in [1.82, 2.24) is 0 Å². The van der Waals surface area contributed by atoms with Gasteiger partial charge in [0.05, 0.1) is 6.26 Å². The Morgan fingerprint density at radius 3 is 2.83 bits per heavy atom. The molecule has 18 heavy (non-hydrogen) atoms. The van der Waals surface area contributed by atoms with E-state index in [0.29, 0.717) is 24.1 Å². The lowest BCUT2D eigenvalue weighted by Crippen LogP contribution is -2.08. The van der Waals surface area contributed by atoms with Gasteiger partial charge >= 0.3 is 0 Å². The summed E-state index contributed by atoms with van der Waals surface area (Å²) < 4.78 is 5.26. The van der Waals surface area contributed by atoms with Gasteiger partial charge in [-0.1, -0.05) is 24.3 Å². The highest BCUT2D eigenvalue weighted by molar-refractivity contribution is 6.26. The Morgan fingerprint density at radius 2 is 2.06 bits per heavy atom. The summed E-state index contributed by atoms with van der Waals surface area (Å²) in [6, 6.07) is 11.5. The molecule has 90 valence electrons. The Labute approximate surface area is 105 Å². The maximum absolute atomic E-state index is 12.0. The minimum absolute atomic E-state index is 0.0975. The topological polar surface area (TPSA) is 56.2 Å². The van der Waals surface area contributed by atoms with Crippen LogP contribution < -0.4 is 5.73 Å². The van der Waals surface area contributed by atoms with Gasteiger partial charge in [-0.2, -0.15) is 0 Å². The van der Waals surface area contributed by atoms with Crippen LogP contribution in [0.1, 0.15) is 16.9 Å². The van der Waals surface area contributed by atoms with Crippen LogP contribution >= 0.6 is 0 Å². The smallest absolute Gasteiger partial charge is 0.169 e. The number of hydrogen-bond donors (Lipinski definition) is 1. The third-order valence-electron chi connectivity index (χ3n) is 3.18. The molecule has 0 aliphatic heterocycles. The van der Waals surface area contributed by atoms with Crippen molar-refractivity contribution in [2.24, 2.45) is 5.73 Å². The Bertz CT molecular complexity index is 624. The summed E-state index contributed by atoms with van der Waals surface area (Å²) in [6.45, 7) is 0. The number of Topliss-reactive ketones (excluding diaryl/α,β-unsaturated/α-hetero) is 1. The number of rotatable bonds is 2. The average Bonchev–Trinajstić information content (AvgIpc) is 2.94. The van der Waals surface area contributed by atoms with E-state index in [2.05, 4.69) is 0 Å². The predicted molar refractivity (Wildman–Crippen MR) is 68.7 cm³/mol. The molecule has 3 rings (SSSR count). The lowest BCUT2D eigenvalue weighted by atomic mass is 10.0. The van der Waals surface area contributed by atoms with Crippen molar-refractivity contribution in [3.05, 3.63) is 65.2 Å². The zero-order chi connectivity index (χ0) is 12.5. The highest BCUT2D eigenvalue weighted by Gasteiger charge is 2.26. The molecule has 0 fully saturated rings. The summed E-state index contributed by atoms with van der Waals surface area (Å²) in [4.78, 5) is 12.0. The van der Waals surface area contributed by atoms with E-state index in [1.54, 1.807) is 6.26 Å². The number of ketones is 1. The zero-order valence-corrected chi connectivity index (χ0v) is 9.85. The molecule has 1 aromatic heterocycles. The monoisotopic (exact) mass is 239 g/mol. The first-order valence-corrected chi connectivity index (χ1v) is 5.88. The van der Waals surface area contributed by atoms with Crippen LogP contribution in [0.25, 0.3) is 5.57 Å². The molecule has 1 aliphatic carbocycles. The van der Waals surface area contributed by atoms with Crippen LogP contribution in [0.5, 0.6) is 0 Å². The second-order valence-corrected chi connectivity index (χ2v) is 4.41. The van der Waals surface area contributed by atoms with E-state index in [4.69, 9.17) is 10.2 Å². The fourth-order valence-electron chi connectivity index (χ4n) is 2.37. The van der Waals surface area contributed by atoms with Crippen molar-refractivity contribution in [2.45, 2.75) is 12.8 Å². The number of carbonyl (C=O) groups is 1. The van der Waals surface area contributed by atoms with Gasteiger partial charge in [0.2, 0.25) is 0 Å². The van der Waals surface area contributed by atoms with E-state index in [0.717, 1.165) is 16.9 Å². The molecule has 1 aliphatic rings. The number of furan rings is 1. The SMILES string of the molecule is N/C(Cc1ccco1)=C1/C(=O)Cc2ccccc21. The van der Waals surface area contributed by atoms with E-state index in [1.165, 1.54) is 0 Å². The van der Waals surface area contributed by atoms with Crippen LogP contribution in [-0.4, -0.2) is 5.78 Å². The van der Waals surface area contributed by atoms with Gasteiger partial charge in [0.1, 0.15) is 5.76 Å². The molecule has 1 aromatic carbocycles. The van der Waals surface area contributed by atoms with Crippen molar-refractivity contribution in [3.63, 3.8) is 0 Å². The van der Waals surface area contributed by atoms with Crippen molar-refractivity contribution >= 4 is 11.4 Å². The van der Waals surface area contributed by atoms with Crippen LogP contribution in [0, 0.1) is 0 Å². The number of fused-ring (bicyclic) bond motifs is 1. The molecule has 1 heterocycles. The Hall–Kier alpha value is -2.29. The maximum Gasteiger partial charge on any atom is 0.169 e. The van der Waals surface area contributed by atoms with Crippen molar-refractivity contribution in [3.8, 4) is 0 Å². The second kappa shape index (κ2) is 4.18. The molecule has 0 spiro atoms. The summed E-state index contributed by atoms with van der Waals surface area (Å²) in [6.07, 6.45) is 2.53. The molecule has 3 heteroatoms. The van der Waals surface area contributed by atoms with E-state index in [1.807, 2.05) is 36.4 Å². The summed E-state index contributed by atoms with van der Waals surface area (Å²) in [7, 11) is 0. The van der Waals surface area contributed by atoms with E-state index < -0.39 is 0 Å². The molecule has 2 aromatic rings. The first-order chi connectivity index (χ1) is 8.75. The third-order valence-corrected chi connectivity index (χ3v) is 3.18. The van der Waals surface area contributed by atoms with E-state index in [9.17, 15) is 4.79 Å². The quantitative estimate of drug-likeness (QED) is 0.818. The van der Waals surface area contributed by atoms with Crippen LogP contribution in [0.3, 0.4) is 0 Å². The molecular formula is C15H13NO2. The normalized spacial score (nSPS) is 16.8. The lowest BCUT2D eigenvalue weighted by Gasteiger charge is -2.05. The molecule has 3 nitrogen and oxygen atoms in total. The molecule has 0 saturated heterocycles. The fourth-order valence-corrected chi connectivity index (χ4v) is 2.37. The molecule has 0 atom stereocenters. The molecule has 2 N–H and O–H groups in total. The Morgan fingerprint density at radius 1 is 1.22 bits per heavy atom. The van der Waals surface area contributed by atoms with Crippen LogP contribution in [0.4, 0.5) is 0 Å². The Balaban J connectivity index is 2.02. The van der Waals surface area contributed by atoms with Gasteiger partial charge in [-0.3, -0.25) is 4.79 Å². The van der Waals surface area contributed by atoms with Gasteiger partial charge in [0.15, 0.2) is 5.78 Å². The third kappa shape index (κ3) is 1.74. The Kier molecular flexibility index (Phi) is 2.52. The summed E-state index contributed by atoms with van der Waals surface area (Å²) in [5.41, 5.74) is 9.33. The van der Waals surface area contributed by atoms with Gasteiger partial charge in [-0.25, -0.2) is 0 Å². The van der Waals surface area contributed by atoms with Gasteiger partial charge in [0.25, 0.3) is 0 Å². The minimum Gasteiger partial charge on any atom is -0.469 e. The largest absolute Gasteiger partial charge is 0.469 e.